The normalized spacial score (nSPS) is 12.6. The summed E-state index contributed by atoms with van der Waals surface area (Å²) in [7, 11) is 0. The Morgan fingerprint density at radius 1 is 1.23 bits per heavy atom. The molecule has 1 aromatic heterocycles. The average molecular weight is 458 g/mol. The van der Waals surface area contributed by atoms with Crippen LogP contribution in [0.15, 0.2) is 57.3 Å². The number of fused-ring (bicyclic) bond motifs is 1. The molecule has 2 heterocycles. The molecule has 0 bridgehead atoms. The maximum absolute atomic E-state index is 13.1. The monoisotopic (exact) mass is 457 g/mol. The predicted octanol–water partition coefficient (Wildman–Crippen LogP) is 4.88. The molecule has 0 fully saturated rings. The molecule has 1 N–H and O–H groups in total. The van der Waals surface area contributed by atoms with Gasteiger partial charge in [0.1, 0.15) is 0 Å². The van der Waals surface area contributed by atoms with Crippen molar-refractivity contribution in [1.29, 1.82) is 0 Å². The summed E-state index contributed by atoms with van der Waals surface area (Å²) < 4.78 is 1.61. The number of carbonyl (C=O) groups is 1. The van der Waals surface area contributed by atoms with Crippen molar-refractivity contribution in [3.8, 4) is 5.69 Å². The van der Waals surface area contributed by atoms with Gasteiger partial charge in [-0.3, -0.25) is 14.2 Å². The van der Waals surface area contributed by atoms with Crippen molar-refractivity contribution >= 4 is 46.7 Å². The molecular weight excluding hydrogens is 438 g/mol. The Morgan fingerprint density at radius 2 is 2.00 bits per heavy atom. The van der Waals surface area contributed by atoms with E-state index in [9.17, 15) is 9.59 Å². The van der Waals surface area contributed by atoms with Gasteiger partial charge in [0.15, 0.2) is 5.16 Å². The second-order valence-corrected chi connectivity index (χ2v) is 9.50. The summed E-state index contributed by atoms with van der Waals surface area (Å²) in [6.45, 7) is 3.91. The van der Waals surface area contributed by atoms with Crippen LogP contribution in [0.1, 0.15) is 16.8 Å². The first-order chi connectivity index (χ1) is 14.4. The summed E-state index contributed by atoms with van der Waals surface area (Å²) in [6, 6.07) is 13.1. The molecule has 3 aromatic rings. The molecule has 154 valence electrons. The Labute approximate surface area is 188 Å². The molecule has 2 aromatic carbocycles. The van der Waals surface area contributed by atoms with Gasteiger partial charge in [-0.25, -0.2) is 4.98 Å². The zero-order valence-electron chi connectivity index (χ0n) is 16.6. The van der Waals surface area contributed by atoms with Gasteiger partial charge in [-0.2, -0.15) is 0 Å². The van der Waals surface area contributed by atoms with Crippen LogP contribution in [0.3, 0.4) is 0 Å². The largest absolute Gasteiger partial charge is 0.325 e. The number of halogens is 1. The molecule has 0 saturated carbocycles. The third-order valence-electron chi connectivity index (χ3n) is 4.75. The lowest BCUT2D eigenvalue weighted by atomic mass is 10.2. The highest BCUT2D eigenvalue weighted by molar-refractivity contribution is 8.00. The van der Waals surface area contributed by atoms with Gasteiger partial charge < -0.3 is 5.32 Å². The third-order valence-corrected chi connectivity index (χ3v) is 7.20. The van der Waals surface area contributed by atoms with E-state index in [1.54, 1.807) is 22.4 Å². The molecule has 4 rings (SSSR count). The highest BCUT2D eigenvalue weighted by atomic mass is 35.5. The topological polar surface area (TPSA) is 64.0 Å². The molecule has 0 radical (unpaired) electrons. The van der Waals surface area contributed by atoms with E-state index in [0.717, 1.165) is 34.7 Å². The fraction of sp³-hybridized carbons (Fsp3) is 0.227. The zero-order chi connectivity index (χ0) is 21.3. The number of anilines is 1. The Morgan fingerprint density at radius 3 is 2.73 bits per heavy atom. The van der Waals surface area contributed by atoms with Gasteiger partial charge >= 0.3 is 0 Å². The minimum Gasteiger partial charge on any atom is -0.325 e. The standard InChI is InChI=1S/C22H20ClN3O2S2/c1-13-3-7-16(8-4-13)26-21(28)20-18(9-10-29-20)25-22(26)30-12-19(27)24-15-6-5-14(2)17(23)11-15/h3-8,11H,9-10,12H2,1-2H3,(H,24,27). The average Bonchev–Trinajstić information content (AvgIpc) is 3.19. The van der Waals surface area contributed by atoms with Crippen molar-refractivity contribution in [1.82, 2.24) is 9.55 Å². The minimum absolute atomic E-state index is 0.0698. The number of rotatable bonds is 5. The van der Waals surface area contributed by atoms with Crippen LogP contribution in [0.2, 0.25) is 5.02 Å². The number of amides is 1. The number of nitrogens with zero attached hydrogens (tertiary/aromatic N) is 2. The number of thioether (sulfide) groups is 2. The smallest absolute Gasteiger partial charge is 0.272 e. The van der Waals surface area contributed by atoms with E-state index < -0.39 is 0 Å². The summed E-state index contributed by atoms with van der Waals surface area (Å²) >= 11 is 8.94. The molecule has 1 amide bonds. The fourth-order valence-corrected chi connectivity index (χ4v) is 5.14. The van der Waals surface area contributed by atoms with E-state index in [-0.39, 0.29) is 17.2 Å². The van der Waals surface area contributed by atoms with Gasteiger partial charge in [-0.15, -0.1) is 11.8 Å². The van der Waals surface area contributed by atoms with Crippen LogP contribution in [0.5, 0.6) is 0 Å². The van der Waals surface area contributed by atoms with Crippen molar-refractivity contribution in [3.05, 3.63) is 74.7 Å². The van der Waals surface area contributed by atoms with E-state index >= 15 is 0 Å². The highest BCUT2D eigenvalue weighted by Gasteiger charge is 2.23. The Balaban J connectivity index is 1.59. The van der Waals surface area contributed by atoms with Gasteiger partial charge in [0.2, 0.25) is 5.91 Å². The van der Waals surface area contributed by atoms with Crippen molar-refractivity contribution in [3.63, 3.8) is 0 Å². The van der Waals surface area contributed by atoms with Crippen LogP contribution in [-0.2, 0) is 11.2 Å². The van der Waals surface area contributed by atoms with Crippen molar-refractivity contribution in [2.24, 2.45) is 0 Å². The van der Waals surface area contributed by atoms with Gasteiger partial charge in [-0.1, -0.05) is 47.1 Å². The van der Waals surface area contributed by atoms with Gasteiger partial charge in [-0.05, 0) is 43.7 Å². The number of aryl methyl sites for hydroxylation is 3. The molecule has 8 heteroatoms. The van der Waals surface area contributed by atoms with E-state index in [4.69, 9.17) is 16.6 Å². The summed E-state index contributed by atoms with van der Waals surface area (Å²) in [5.41, 5.74) is 4.21. The Bertz CT molecular complexity index is 1180. The van der Waals surface area contributed by atoms with Crippen LogP contribution in [0.25, 0.3) is 5.69 Å². The number of hydrogen-bond donors (Lipinski definition) is 1. The second-order valence-electron chi connectivity index (χ2n) is 7.05. The lowest BCUT2D eigenvalue weighted by Gasteiger charge is -2.14. The van der Waals surface area contributed by atoms with Crippen molar-refractivity contribution in [2.75, 3.05) is 16.8 Å². The molecule has 0 saturated heterocycles. The van der Waals surface area contributed by atoms with E-state index in [1.165, 1.54) is 11.8 Å². The number of nitrogens with one attached hydrogen (secondary N) is 1. The highest BCUT2D eigenvalue weighted by Crippen LogP contribution is 2.30. The van der Waals surface area contributed by atoms with Gasteiger partial charge in [0, 0.05) is 22.9 Å². The SMILES string of the molecule is Cc1ccc(-n2c(SCC(=O)Nc3ccc(C)c(Cl)c3)nc3c(c2=O)SCC3)cc1. The summed E-state index contributed by atoms with van der Waals surface area (Å²) in [5, 5.41) is 3.98. The van der Waals surface area contributed by atoms with Gasteiger partial charge in [0.25, 0.3) is 5.56 Å². The first-order valence-corrected chi connectivity index (χ1v) is 11.8. The van der Waals surface area contributed by atoms with E-state index in [2.05, 4.69) is 5.32 Å². The quantitative estimate of drug-likeness (QED) is 0.437. The molecule has 0 spiro atoms. The molecule has 0 aliphatic carbocycles. The van der Waals surface area contributed by atoms with Gasteiger partial charge in [0.05, 0.1) is 22.0 Å². The Kier molecular flexibility index (Phi) is 6.22. The van der Waals surface area contributed by atoms with Crippen LogP contribution < -0.4 is 10.9 Å². The summed E-state index contributed by atoms with van der Waals surface area (Å²) in [6.07, 6.45) is 0.769. The molecule has 0 unspecified atom stereocenters. The maximum Gasteiger partial charge on any atom is 0.272 e. The molecule has 5 nitrogen and oxygen atoms in total. The fourth-order valence-electron chi connectivity index (χ4n) is 3.11. The van der Waals surface area contributed by atoms with Crippen molar-refractivity contribution in [2.45, 2.75) is 30.3 Å². The number of hydrogen-bond acceptors (Lipinski definition) is 5. The first kappa shape index (κ1) is 21.0. The number of carbonyl (C=O) groups excluding carboxylic acids is 1. The second kappa shape index (κ2) is 8.88. The predicted molar refractivity (Wildman–Crippen MR) is 125 cm³/mol. The molecule has 30 heavy (non-hydrogen) atoms. The lowest BCUT2D eigenvalue weighted by Crippen LogP contribution is -2.24. The van der Waals surface area contributed by atoms with Crippen LogP contribution in [0, 0.1) is 13.8 Å². The molecular formula is C22H20ClN3O2S2. The number of aromatic nitrogens is 2. The van der Waals surface area contributed by atoms with E-state index in [0.29, 0.717) is 20.8 Å². The van der Waals surface area contributed by atoms with Crippen LogP contribution in [-0.4, -0.2) is 27.0 Å². The van der Waals surface area contributed by atoms with Crippen molar-refractivity contribution < 1.29 is 4.79 Å². The molecule has 1 aliphatic heterocycles. The molecule has 1 aliphatic rings. The lowest BCUT2D eigenvalue weighted by molar-refractivity contribution is -0.113. The zero-order valence-corrected chi connectivity index (χ0v) is 19.0. The van der Waals surface area contributed by atoms with Crippen LogP contribution >= 0.6 is 35.1 Å². The summed E-state index contributed by atoms with van der Waals surface area (Å²) in [5.74, 6) is 0.809. The Hall–Kier alpha value is -2.22. The maximum atomic E-state index is 13.1. The minimum atomic E-state index is -0.181. The number of benzene rings is 2. The van der Waals surface area contributed by atoms with Crippen LogP contribution in [0.4, 0.5) is 5.69 Å². The third kappa shape index (κ3) is 4.43. The van der Waals surface area contributed by atoms with E-state index in [1.807, 2.05) is 50.2 Å². The summed E-state index contributed by atoms with van der Waals surface area (Å²) in [4.78, 5) is 31.1. The molecule has 0 atom stereocenters. The first-order valence-electron chi connectivity index (χ1n) is 9.47.